The molecule has 1 aromatic carbocycles. The van der Waals surface area contributed by atoms with Crippen molar-refractivity contribution in [3.05, 3.63) is 33.9 Å². The molecule has 1 heterocycles. The predicted octanol–water partition coefficient (Wildman–Crippen LogP) is 1.17. The highest BCUT2D eigenvalue weighted by Gasteiger charge is 2.32. The van der Waals surface area contributed by atoms with Crippen LogP contribution in [0.1, 0.15) is 12.0 Å². The van der Waals surface area contributed by atoms with Gasteiger partial charge in [0.05, 0.1) is 10.6 Å². The Hall–Kier alpha value is -2.25. The number of alkyl halides is 1. The number of nitro benzene ring substituents is 1. The van der Waals surface area contributed by atoms with Gasteiger partial charge in [0.1, 0.15) is 12.2 Å². The van der Waals surface area contributed by atoms with E-state index < -0.39 is 27.0 Å². The van der Waals surface area contributed by atoms with E-state index in [1.165, 1.54) is 12.1 Å². The molecule has 0 unspecified atom stereocenters. The van der Waals surface area contributed by atoms with Crippen LogP contribution in [0.15, 0.2) is 18.2 Å². The Morgan fingerprint density at radius 3 is 2.76 bits per heavy atom. The number of nitrogens with one attached hydrogen (secondary N) is 1. The molecule has 0 amide bonds. The molecule has 0 spiro atoms. The summed E-state index contributed by atoms with van der Waals surface area (Å²) in [4.78, 5) is 10.0. The molecule has 0 radical (unpaired) electrons. The molecule has 0 aromatic heterocycles. The average Bonchev–Trinajstić information content (AvgIpc) is 2.85. The Labute approximate surface area is 120 Å². The number of benzene rings is 1. The Balaban J connectivity index is 2.34. The minimum Gasteiger partial charge on any atom is -0.269 e. The molecule has 1 atom stereocenters. The number of halogens is 1. The standard InChI is InChI=1S/C11H11FN4O4S/c12-8-4-5-15(7-8)21(19,20)14-10-2-1-3-11(16(17)18)9(10)6-13/h1-3,8,14H,4-5,7H2/t8-/m1/s1. The topological polar surface area (TPSA) is 116 Å². The minimum atomic E-state index is -4.05. The highest BCUT2D eigenvalue weighted by Crippen LogP contribution is 2.27. The largest absolute Gasteiger partial charge is 0.301 e. The summed E-state index contributed by atoms with van der Waals surface area (Å²) >= 11 is 0. The van der Waals surface area contributed by atoms with Crippen LogP contribution in [0, 0.1) is 21.4 Å². The van der Waals surface area contributed by atoms with Crippen LogP contribution in [-0.4, -0.2) is 36.9 Å². The summed E-state index contributed by atoms with van der Waals surface area (Å²) in [6.07, 6.45) is -1.14. The third kappa shape index (κ3) is 3.09. The number of hydrogen-bond acceptors (Lipinski definition) is 5. The van der Waals surface area contributed by atoms with Crippen molar-refractivity contribution in [3.63, 3.8) is 0 Å². The number of nitrogens with zero attached hydrogens (tertiary/aromatic N) is 3. The molecule has 1 N–H and O–H groups in total. The Morgan fingerprint density at radius 2 is 2.24 bits per heavy atom. The second-order valence-corrected chi connectivity index (χ2v) is 6.09. The number of rotatable bonds is 4. The first-order valence-electron chi connectivity index (χ1n) is 5.94. The lowest BCUT2D eigenvalue weighted by molar-refractivity contribution is -0.385. The van der Waals surface area contributed by atoms with E-state index in [4.69, 9.17) is 5.26 Å². The summed E-state index contributed by atoms with van der Waals surface area (Å²) < 4.78 is 40.2. The number of hydrogen-bond donors (Lipinski definition) is 1. The van der Waals surface area contributed by atoms with E-state index in [-0.39, 0.29) is 30.8 Å². The third-order valence-corrected chi connectivity index (χ3v) is 4.51. The second kappa shape index (κ2) is 5.63. The molecule has 1 aromatic rings. The van der Waals surface area contributed by atoms with Gasteiger partial charge in [-0.1, -0.05) is 6.07 Å². The first-order valence-corrected chi connectivity index (χ1v) is 7.38. The number of anilines is 1. The van der Waals surface area contributed by atoms with Crippen molar-refractivity contribution in [1.29, 1.82) is 5.26 Å². The van der Waals surface area contributed by atoms with Crippen LogP contribution >= 0.6 is 0 Å². The summed E-state index contributed by atoms with van der Waals surface area (Å²) in [5.41, 5.74) is -1.08. The van der Waals surface area contributed by atoms with Crippen molar-refractivity contribution < 1.29 is 17.7 Å². The predicted molar refractivity (Wildman–Crippen MR) is 71.4 cm³/mol. The Morgan fingerprint density at radius 1 is 1.52 bits per heavy atom. The van der Waals surface area contributed by atoms with Crippen LogP contribution in [0.25, 0.3) is 0 Å². The van der Waals surface area contributed by atoms with E-state index in [2.05, 4.69) is 4.72 Å². The first-order chi connectivity index (χ1) is 9.85. The molecule has 0 saturated carbocycles. The molecule has 8 nitrogen and oxygen atoms in total. The molecule has 112 valence electrons. The van der Waals surface area contributed by atoms with Crippen molar-refractivity contribution in [2.24, 2.45) is 0 Å². The number of nitriles is 1. The lowest BCUT2D eigenvalue weighted by Crippen LogP contribution is -2.34. The van der Waals surface area contributed by atoms with E-state index >= 15 is 0 Å². The van der Waals surface area contributed by atoms with E-state index in [1.54, 1.807) is 6.07 Å². The average molecular weight is 314 g/mol. The molecule has 2 rings (SSSR count). The van der Waals surface area contributed by atoms with Crippen LogP contribution < -0.4 is 4.72 Å². The van der Waals surface area contributed by atoms with Gasteiger partial charge in [-0.05, 0) is 12.5 Å². The lowest BCUT2D eigenvalue weighted by atomic mass is 10.1. The summed E-state index contributed by atoms with van der Waals surface area (Å²) in [7, 11) is -4.05. The van der Waals surface area contributed by atoms with E-state index in [1.807, 2.05) is 0 Å². The molecule has 1 aliphatic heterocycles. The second-order valence-electron chi connectivity index (χ2n) is 4.42. The summed E-state index contributed by atoms with van der Waals surface area (Å²) in [5, 5.41) is 19.8. The van der Waals surface area contributed by atoms with Crippen LogP contribution in [0.3, 0.4) is 0 Å². The van der Waals surface area contributed by atoms with E-state index in [0.29, 0.717) is 0 Å². The van der Waals surface area contributed by atoms with E-state index in [9.17, 15) is 22.9 Å². The Bertz CT molecular complexity index is 715. The zero-order chi connectivity index (χ0) is 15.6. The summed E-state index contributed by atoms with van der Waals surface area (Å²) in [6, 6.07) is 5.21. The molecular formula is C11H11FN4O4S. The monoisotopic (exact) mass is 314 g/mol. The fourth-order valence-electron chi connectivity index (χ4n) is 2.00. The van der Waals surface area contributed by atoms with Gasteiger partial charge < -0.3 is 0 Å². The van der Waals surface area contributed by atoms with E-state index in [0.717, 1.165) is 10.4 Å². The maximum absolute atomic E-state index is 13.1. The number of nitro groups is 1. The highest BCUT2D eigenvalue weighted by molar-refractivity contribution is 7.90. The zero-order valence-corrected chi connectivity index (χ0v) is 11.5. The lowest BCUT2D eigenvalue weighted by Gasteiger charge is -2.17. The van der Waals surface area contributed by atoms with Gasteiger partial charge in [0.15, 0.2) is 5.56 Å². The zero-order valence-electron chi connectivity index (χ0n) is 10.7. The molecule has 1 saturated heterocycles. The van der Waals surface area contributed by atoms with Crippen LogP contribution in [0.2, 0.25) is 0 Å². The minimum absolute atomic E-state index is 0.0211. The van der Waals surface area contributed by atoms with Crippen molar-refractivity contribution in [2.45, 2.75) is 12.6 Å². The van der Waals surface area contributed by atoms with Gasteiger partial charge in [0, 0.05) is 19.2 Å². The molecule has 0 aliphatic carbocycles. The maximum Gasteiger partial charge on any atom is 0.301 e. The summed E-state index contributed by atoms with van der Waals surface area (Å²) in [6.45, 7) is -0.251. The van der Waals surface area contributed by atoms with Gasteiger partial charge in [-0.2, -0.15) is 18.0 Å². The normalized spacial score (nSPS) is 19.1. The van der Waals surface area contributed by atoms with Crippen molar-refractivity contribution >= 4 is 21.6 Å². The van der Waals surface area contributed by atoms with Crippen LogP contribution in [0.4, 0.5) is 15.8 Å². The fraction of sp³-hybridized carbons (Fsp3) is 0.364. The van der Waals surface area contributed by atoms with Crippen molar-refractivity contribution in [1.82, 2.24) is 4.31 Å². The van der Waals surface area contributed by atoms with Gasteiger partial charge in [-0.15, -0.1) is 0 Å². The third-order valence-electron chi connectivity index (χ3n) is 3.02. The molecule has 10 heteroatoms. The van der Waals surface area contributed by atoms with Gasteiger partial charge in [-0.3, -0.25) is 14.8 Å². The van der Waals surface area contributed by atoms with Crippen molar-refractivity contribution in [3.8, 4) is 6.07 Å². The maximum atomic E-state index is 13.1. The van der Waals surface area contributed by atoms with Crippen LogP contribution in [-0.2, 0) is 10.2 Å². The Kier molecular flexibility index (Phi) is 4.06. The quantitative estimate of drug-likeness (QED) is 0.661. The summed E-state index contributed by atoms with van der Waals surface area (Å²) in [5.74, 6) is 0. The van der Waals surface area contributed by atoms with Gasteiger partial charge in [0.2, 0.25) is 0 Å². The SMILES string of the molecule is N#Cc1c(NS(=O)(=O)N2CC[C@@H](F)C2)cccc1[N+](=O)[O-]. The van der Waals surface area contributed by atoms with Gasteiger partial charge >= 0.3 is 10.2 Å². The molecule has 21 heavy (non-hydrogen) atoms. The highest BCUT2D eigenvalue weighted by atomic mass is 32.2. The van der Waals surface area contributed by atoms with Gasteiger partial charge in [-0.25, -0.2) is 4.39 Å². The molecular weight excluding hydrogens is 303 g/mol. The smallest absolute Gasteiger partial charge is 0.269 e. The molecule has 1 fully saturated rings. The van der Waals surface area contributed by atoms with Crippen molar-refractivity contribution in [2.75, 3.05) is 17.8 Å². The van der Waals surface area contributed by atoms with Gasteiger partial charge in [0.25, 0.3) is 5.69 Å². The first kappa shape index (κ1) is 15.1. The van der Waals surface area contributed by atoms with Crippen LogP contribution in [0.5, 0.6) is 0 Å². The fourth-order valence-corrected chi connectivity index (χ4v) is 3.29. The molecule has 1 aliphatic rings. The molecule has 0 bridgehead atoms.